The van der Waals surface area contributed by atoms with Crippen LogP contribution in [0.25, 0.3) is 22.3 Å². The molecule has 31 heavy (non-hydrogen) atoms. The highest BCUT2D eigenvalue weighted by Crippen LogP contribution is 2.38. The molecule has 2 saturated heterocycles. The van der Waals surface area contributed by atoms with Crippen LogP contribution in [0.5, 0.6) is 0 Å². The normalized spacial score (nSPS) is 19.9. The molecular formula is C26H30N4O. The average molecular weight is 415 g/mol. The van der Waals surface area contributed by atoms with Gasteiger partial charge in [-0.3, -0.25) is 4.98 Å². The fraction of sp³-hybridized carbons (Fsp3) is 0.385. The van der Waals surface area contributed by atoms with Crippen molar-refractivity contribution in [2.75, 3.05) is 25.5 Å². The predicted octanol–water partition coefficient (Wildman–Crippen LogP) is 5.10. The predicted molar refractivity (Wildman–Crippen MR) is 125 cm³/mol. The summed E-state index contributed by atoms with van der Waals surface area (Å²) in [5, 5.41) is 3.77. The summed E-state index contributed by atoms with van der Waals surface area (Å²) in [6, 6.07) is 13.5. The Kier molecular flexibility index (Phi) is 5.96. The van der Waals surface area contributed by atoms with E-state index in [1.807, 2.05) is 18.3 Å². The van der Waals surface area contributed by atoms with Gasteiger partial charge >= 0.3 is 0 Å². The van der Waals surface area contributed by atoms with Crippen LogP contribution in [0.15, 0.2) is 55.0 Å². The number of benzene rings is 1. The summed E-state index contributed by atoms with van der Waals surface area (Å²) in [7, 11) is 0. The van der Waals surface area contributed by atoms with Gasteiger partial charge in [-0.1, -0.05) is 18.6 Å². The molecule has 0 unspecified atom stereocenters. The Balaban J connectivity index is 1.55. The molecule has 2 fully saturated rings. The Hall–Kier alpha value is -2.76. The third-order valence-electron chi connectivity index (χ3n) is 6.68. The summed E-state index contributed by atoms with van der Waals surface area (Å²) in [5.41, 5.74) is 13.4. The van der Waals surface area contributed by atoms with Crippen LogP contribution >= 0.6 is 0 Å². The van der Waals surface area contributed by atoms with Crippen LogP contribution in [0.2, 0.25) is 0 Å². The molecule has 3 N–H and O–H groups in total. The van der Waals surface area contributed by atoms with Crippen LogP contribution in [-0.4, -0.2) is 29.7 Å². The molecule has 3 aromatic rings. The number of nitrogen functional groups attached to an aromatic ring is 1. The Bertz CT molecular complexity index is 1020. The van der Waals surface area contributed by atoms with Crippen molar-refractivity contribution in [1.82, 2.24) is 15.3 Å². The maximum Gasteiger partial charge on any atom is 0.131 e. The minimum atomic E-state index is 0.424. The van der Waals surface area contributed by atoms with E-state index in [1.54, 1.807) is 12.4 Å². The van der Waals surface area contributed by atoms with E-state index in [1.165, 1.54) is 36.0 Å². The molecule has 0 saturated carbocycles. The van der Waals surface area contributed by atoms with Crippen molar-refractivity contribution in [1.29, 1.82) is 0 Å². The number of aromatic nitrogens is 2. The zero-order chi connectivity index (χ0) is 21.0. The second-order valence-electron chi connectivity index (χ2n) is 8.63. The molecule has 5 heteroatoms. The Morgan fingerprint density at radius 2 is 1.71 bits per heavy atom. The van der Waals surface area contributed by atoms with Gasteiger partial charge in [-0.15, -0.1) is 0 Å². The van der Waals surface area contributed by atoms with Crippen LogP contribution in [0.1, 0.15) is 55.2 Å². The van der Waals surface area contributed by atoms with E-state index < -0.39 is 0 Å². The van der Waals surface area contributed by atoms with Gasteiger partial charge in [-0.05, 0) is 84.7 Å². The summed E-state index contributed by atoms with van der Waals surface area (Å²) in [6.45, 7) is 2.82. The smallest absolute Gasteiger partial charge is 0.131 e. The number of pyridine rings is 2. The lowest BCUT2D eigenvalue weighted by atomic mass is 9.82. The van der Waals surface area contributed by atoms with E-state index in [9.17, 15) is 0 Å². The second-order valence-corrected chi connectivity index (χ2v) is 8.63. The first-order valence-corrected chi connectivity index (χ1v) is 11.4. The molecule has 1 atom stereocenters. The SMILES string of the molecule is Nc1ncc(-c2ccc(C3CCOCC3)c([C@H]3CCCCN3)c2)cc1-c1ccncc1. The first kappa shape index (κ1) is 20.2. The monoisotopic (exact) mass is 414 g/mol. The molecule has 2 aliphatic heterocycles. The van der Waals surface area contributed by atoms with E-state index in [4.69, 9.17) is 10.5 Å². The van der Waals surface area contributed by atoms with Crippen LogP contribution in [0.3, 0.4) is 0 Å². The number of piperidine rings is 1. The highest BCUT2D eigenvalue weighted by molar-refractivity contribution is 5.79. The van der Waals surface area contributed by atoms with E-state index >= 15 is 0 Å². The first-order chi connectivity index (χ1) is 15.3. The molecule has 0 radical (unpaired) electrons. The molecular weight excluding hydrogens is 384 g/mol. The van der Waals surface area contributed by atoms with Crippen molar-refractivity contribution < 1.29 is 4.74 Å². The Labute approximate surface area is 184 Å². The average Bonchev–Trinajstić information content (AvgIpc) is 2.86. The van der Waals surface area contributed by atoms with Crippen molar-refractivity contribution in [3.05, 3.63) is 66.1 Å². The molecule has 2 aromatic heterocycles. The highest BCUT2D eigenvalue weighted by Gasteiger charge is 2.24. The van der Waals surface area contributed by atoms with Crippen LogP contribution in [0.4, 0.5) is 5.82 Å². The number of nitrogens with two attached hydrogens (primary N) is 1. The van der Waals surface area contributed by atoms with Crippen molar-refractivity contribution in [3.63, 3.8) is 0 Å². The van der Waals surface area contributed by atoms with Gasteiger partial charge in [0.25, 0.3) is 0 Å². The molecule has 0 amide bonds. The van der Waals surface area contributed by atoms with Crippen LogP contribution in [-0.2, 0) is 4.74 Å². The van der Waals surface area contributed by atoms with Crippen molar-refractivity contribution in [2.45, 2.75) is 44.1 Å². The van der Waals surface area contributed by atoms with Gasteiger partial charge in [0.15, 0.2) is 0 Å². The number of rotatable bonds is 4. The van der Waals surface area contributed by atoms with Crippen molar-refractivity contribution >= 4 is 5.82 Å². The third kappa shape index (κ3) is 4.34. The summed E-state index contributed by atoms with van der Waals surface area (Å²) in [4.78, 5) is 8.63. The zero-order valence-electron chi connectivity index (χ0n) is 17.9. The summed E-state index contributed by atoms with van der Waals surface area (Å²) in [5.74, 6) is 1.13. The standard InChI is InChI=1S/C26H30N4O/c27-26-23(18-6-11-28-12-7-18)16-21(17-30-26)20-4-5-22(19-8-13-31-14-9-19)24(15-20)25-3-1-2-10-29-25/h4-7,11-12,15-17,19,25,29H,1-3,8-10,13-14H2,(H2,27,30)/t25-/m1/s1. The molecule has 5 rings (SSSR count). The number of nitrogens with zero attached hydrogens (tertiary/aromatic N) is 2. The van der Waals surface area contributed by atoms with Crippen LogP contribution < -0.4 is 11.1 Å². The van der Waals surface area contributed by atoms with Gasteiger partial charge in [0.1, 0.15) is 5.82 Å². The van der Waals surface area contributed by atoms with Gasteiger partial charge in [-0.25, -0.2) is 4.98 Å². The molecule has 160 valence electrons. The zero-order valence-corrected chi connectivity index (χ0v) is 17.9. The fourth-order valence-corrected chi connectivity index (χ4v) is 4.95. The Morgan fingerprint density at radius 1 is 0.871 bits per heavy atom. The second kappa shape index (κ2) is 9.16. The number of anilines is 1. The minimum Gasteiger partial charge on any atom is -0.383 e. The van der Waals surface area contributed by atoms with Gasteiger partial charge < -0.3 is 15.8 Å². The van der Waals surface area contributed by atoms with E-state index in [2.05, 4.69) is 39.6 Å². The summed E-state index contributed by atoms with van der Waals surface area (Å²) in [6.07, 6.45) is 11.4. The lowest BCUT2D eigenvalue weighted by molar-refractivity contribution is 0.0850. The molecule has 0 aliphatic carbocycles. The van der Waals surface area contributed by atoms with Gasteiger partial charge in [-0.2, -0.15) is 0 Å². The number of nitrogens with one attached hydrogen (secondary N) is 1. The number of hydrogen-bond acceptors (Lipinski definition) is 5. The van der Waals surface area contributed by atoms with E-state index in [0.717, 1.165) is 49.3 Å². The van der Waals surface area contributed by atoms with Gasteiger partial charge in [0, 0.05) is 49.0 Å². The molecule has 4 heterocycles. The molecule has 2 aliphatic rings. The molecule has 1 aromatic carbocycles. The molecule has 5 nitrogen and oxygen atoms in total. The van der Waals surface area contributed by atoms with Crippen LogP contribution in [0, 0.1) is 0 Å². The van der Waals surface area contributed by atoms with Gasteiger partial charge in [0.2, 0.25) is 0 Å². The quantitative estimate of drug-likeness (QED) is 0.621. The maximum atomic E-state index is 6.21. The van der Waals surface area contributed by atoms with E-state index in [-0.39, 0.29) is 0 Å². The summed E-state index contributed by atoms with van der Waals surface area (Å²) >= 11 is 0. The van der Waals surface area contributed by atoms with Crippen molar-refractivity contribution in [3.8, 4) is 22.3 Å². The minimum absolute atomic E-state index is 0.424. The van der Waals surface area contributed by atoms with Crippen molar-refractivity contribution in [2.24, 2.45) is 0 Å². The largest absolute Gasteiger partial charge is 0.383 e. The number of ether oxygens (including phenoxy) is 1. The maximum absolute atomic E-state index is 6.21. The topological polar surface area (TPSA) is 73.1 Å². The summed E-state index contributed by atoms with van der Waals surface area (Å²) < 4.78 is 5.63. The fourth-order valence-electron chi connectivity index (χ4n) is 4.95. The molecule has 0 spiro atoms. The highest BCUT2D eigenvalue weighted by atomic mass is 16.5. The number of hydrogen-bond donors (Lipinski definition) is 2. The molecule has 0 bridgehead atoms. The first-order valence-electron chi connectivity index (χ1n) is 11.4. The lowest BCUT2D eigenvalue weighted by Crippen LogP contribution is -2.28. The lowest BCUT2D eigenvalue weighted by Gasteiger charge is -2.31. The third-order valence-corrected chi connectivity index (χ3v) is 6.68. The Morgan fingerprint density at radius 3 is 2.48 bits per heavy atom. The van der Waals surface area contributed by atoms with Gasteiger partial charge in [0.05, 0.1) is 0 Å². The van der Waals surface area contributed by atoms with E-state index in [0.29, 0.717) is 17.8 Å².